The summed E-state index contributed by atoms with van der Waals surface area (Å²) in [6, 6.07) is 14.8. The Morgan fingerprint density at radius 2 is 1.88 bits per heavy atom. The first kappa shape index (κ1) is 21.5. The Bertz CT molecular complexity index is 1090. The number of carbonyl (C=O) groups excluding carboxylic acids is 1. The molecule has 1 aromatic heterocycles. The van der Waals surface area contributed by atoms with Crippen molar-refractivity contribution < 1.29 is 14.3 Å². The zero-order valence-corrected chi connectivity index (χ0v) is 19.5. The van der Waals surface area contributed by atoms with Gasteiger partial charge in [0.05, 0.1) is 9.72 Å². The van der Waals surface area contributed by atoms with Gasteiger partial charge in [0.2, 0.25) is 5.91 Å². The summed E-state index contributed by atoms with van der Waals surface area (Å²) in [7, 11) is 0. The van der Waals surface area contributed by atoms with Gasteiger partial charge in [-0.2, -0.15) is 0 Å². The van der Waals surface area contributed by atoms with Crippen molar-refractivity contribution in [2.45, 2.75) is 50.7 Å². The van der Waals surface area contributed by atoms with Crippen LogP contribution in [0.2, 0.25) is 5.02 Å². The van der Waals surface area contributed by atoms with Crippen LogP contribution in [0.4, 0.5) is 0 Å². The van der Waals surface area contributed by atoms with E-state index in [9.17, 15) is 4.79 Å². The van der Waals surface area contributed by atoms with Gasteiger partial charge in [0.1, 0.15) is 23.6 Å². The molecule has 1 N–H and O–H groups in total. The number of aromatic nitrogens is 1. The van der Waals surface area contributed by atoms with E-state index in [0.717, 1.165) is 35.4 Å². The van der Waals surface area contributed by atoms with Gasteiger partial charge in [0.25, 0.3) is 5.19 Å². The Labute approximate surface area is 196 Å². The van der Waals surface area contributed by atoms with Gasteiger partial charge >= 0.3 is 0 Å². The van der Waals surface area contributed by atoms with E-state index in [1.165, 1.54) is 24.2 Å². The molecule has 2 aliphatic rings. The summed E-state index contributed by atoms with van der Waals surface area (Å²) in [5, 5.41) is 4.30. The lowest BCUT2D eigenvalue weighted by Gasteiger charge is -2.39. The van der Waals surface area contributed by atoms with E-state index in [1.54, 1.807) is 6.92 Å². The first-order chi connectivity index (χ1) is 15.5. The first-order valence-corrected chi connectivity index (χ1v) is 12.2. The van der Waals surface area contributed by atoms with Gasteiger partial charge in [-0.1, -0.05) is 29.0 Å². The molecule has 5 rings (SSSR count). The predicted molar refractivity (Wildman–Crippen MR) is 127 cm³/mol. The molecule has 32 heavy (non-hydrogen) atoms. The number of thiazole rings is 1. The molecule has 1 amide bonds. The van der Waals surface area contributed by atoms with Crippen molar-refractivity contribution in [2.24, 2.45) is 0 Å². The van der Waals surface area contributed by atoms with E-state index in [1.807, 2.05) is 42.5 Å². The number of nitrogens with one attached hydrogen (secondary N) is 1. The van der Waals surface area contributed by atoms with Gasteiger partial charge in [-0.25, -0.2) is 4.98 Å². The summed E-state index contributed by atoms with van der Waals surface area (Å²) < 4.78 is 12.9. The highest BCUT2D eigenvalue weighted by atomic mass is 35.5. The Balaban J connectivity index is 1.12. The standard InChI is InChI=1S/C24H26ClN3O3S/c1-15(29)26-16-13-17-5-6-18(14-16)28(17)11-12-30-19-7-9-20(10-8-19)31-24-27-23-21(25)3-2-4-22(23)32-24/h2-4,7-10,16-18H,5-6,11-14H2,1H3,(H,26,29). The smallest absolute Gasteiger partial charge is 0.279 e. The number of nitrogens with zero attached hydrogens (tertiary/aromatic N) is 2. The lowest BCUT2D eigenvalue weighted by molar-refractivity contribution is -0.120. The second-order valence-electron chi connectivity index (χ2n) is 8.48. The Morgan fingerprint density at radius 1 is 1.16 bits per heavy atom. The van der Waals surface area contributed by atoms with E-state index in [2.05, 4.69) is 15.2 Å². The van der Waals surface area contributed by atoms with Gasteiger partial charge in [0, 0.05) is 31.6 Å². The van der Waals surface area contributed by atoms with Crippen molar-refractivity contribution in [1.82, 2.24) is 15.2 Å². The molecular formula is C24H26ClN3O3S. The third kappa shape index (κ3) is 4.70. The molecule has 6 nitrogen and oxygen atoms in total. The van der Waals surface area contributed by atoms with Crippen molar-refractivity contribution in [3.8, 4) is 16.7 Å². The molecule has 8 heteroatoms. The van der Waals surface area contributed by atoms with E-state index in [4.69, 9.17) is 21.1 Å². The summed E-state index contributed by atoms with van der Waals surface area (Å²) in [5.74, 6) is 1.61. The van der Waals surface area contributed by atoms with Crippen LogP contribution in [0.5, 0.6) is 16.7 Å². The summed E-state index contributed by atoms with van der Waals surface area (Å²) in [6.45, 7) is 3.16. The minimum absolute atomic E-state index is 0.0746. The van der Waals surface area contributed by atoms with E-state index >= 15 is 0 Å². The highest BCUT2D eigenvalue weighted by Crippen LogP contribution is 2.36. The van der Waals surface area contributed by atoms with Crippen LogP contribution in [-0.2, 0) is 4.79 Å². The van der Waals surface area contributed by atoms with Crippen LogP contribution in [0.1, 0.15) is 32.6 Å². The number of hydrogen-bond donors (Lipinski definition) is 1. The minimum Gasteiger partial charge on any atom is -0.492 e. The Morgan fingerprint density at radius 3 is 2.56 bits per heavy atom. The quantitative estimate of drug-likeness (QED) is 0.509. The van der Waals surface area contributed by atoms with Gasteiger partial charge in [0.15, 0.2) is 0 Å². The van der Waals surface area contributed by atoms with Crippen LogP contribution in [0, 0.1) is 0 Å². The maximum Gasteiger partial charge on any atom is 0.279 e. The monoisotopic (exact) mass is 471 g/mol. The molecule has 3 aromatic rings. The van der Waals surface area contributed by atoms with Gasteiger partial charge in [-0.15, -0.1) is 0 Å². The van der Waals surface area contributed by atoms with E-state index in [0.29, 0.717) is 40.7 Å². The molecule has 0 radical (unpaired) electrons. The number of para-hydroxylation sites is 1. The molecule has 0 spiro atoms. The molecule has 0 aliphatic carbocycles. The first-order valence-electron chi connectivity index (χ1n) is 11.0. The zero-order valence-electron chi connectivity index (χ0n) is 17.9. The summed E-state index contributed by atoms with van der Waals surface area (Å²) in [4.78, 5) is 18.4. The number of carbonyl (C=O) groups is 1. The number of amides is 1. The maximum absolute atomic E-state index is 11.4. The van der Waals surface area contributed by atoms with Crippen LogP contribution in [0.3, 0.4) is 0 Å². The van der Waals surface area contributed by atoms with Crippen LogP contribution in [0.25, 0.3) is 10.2 Å². The van der Waals surface area contributed by atoms with Gasteiger partial charge in [-0.3, -0.25) is 9.69 Å². The average Bonchev–Trinajstić information content (AvgIpc) is 3.27. The van der Waals surface area contributed by atoms with Crippen LogP contribution in [0.15, 0.2) is 42.5 Å². The molecule has 3 heterocycles. The average molecular weight is 472 g/mol. The molecule has 2 unspecified atom stereocenters. The zero-order chi connectivity index (χ0) is 22.1. The molecule has 2 aromatic carbocycles. The predicted octanol–water partition coefficient (Wildman–Crippen LogP) is 5.25. The summed E-state index contributed by atoms with van der Waals surface area (Å²) in [5.41, 5.74) is 0.768. The summed E-state index contributed by atoms with van der Waals surface area (Å²) in [6.07, 6.45) is 4.51. The number of ether oxygens (including phenoxy) is 2. The fourth-order valence-electron chi connectivity index (χ4n) is 4.96. The van der Waals surface area contributed by atoms with E-state index < -0.39 is 0 Å². The molecule has 2 fully saturated rings. The topological polar surface area (TPSA) is 63.7 Å². The van der Waals surface area contributed by atoms with Crippen LogP contribution >= 0.6 is 22.9 Å². The van der Waals surface area contributed by atoms with Gasteiger partial charge < -0.3 is 14.8 Å². The normalized spacial score (nSPS) is 22.8. The van der Waals surface area contributed by atoms with Crippen molar-refractivity contribution in [3.05, 3.63) is 47.5 Å². The number of halogens is 1. The number of rotatable bonds is 7. The molecule has 0 saturated carbocycles. The van der Waals surface area contributed by atoms with Crippen molar-refractivity contribution in [3.63, 3.8) is 0 Å². The molecule has 2 atom stereocenters. The van der Waals surface area contributed by atoms with Crippen LogP contribution < -0.4 is 14.8 Å². The molecule has 2 saturated heterocycles. The lowest BCUT2D eigenvalue weighted by Crippen LogP contribution is -2.51. The minimum atomic E-state index is 0.0746. The number of piperidine rings is 1. The highest BCUT2D eigenvalue weighted by molar-refractivity contribution is 7.20. The van der Waals surface area contributed by atoms with Gasteiger partial charge in [-0.05, 0) is 62.1 Å². The molecule has 2 aliphatic heterocycles. The summed E-state index contributed by atoms with van der Waals surface area (Å²) >= 11 is 7.67. The number of hydrogen-bond acceptors (Lipinski definition) is 6. The fourth-order valence-corrected chi connectivity index (χ4v) is 6.09. The highest BCUT2D eigenvalue weighted by Gasteiger charge is 2.40. The van der Waals surface area contributed by atoms with Crippen molar-refractivity contribution in [2.75, 3.05) is 13.2 Å². The fraction of sp³-hybridized carbons (Fsp3) is 0.417. The number of fused-ring (bicyclic) bond motifs is 3. The second kappa shape index (κ2) is 9.25. The SMILES string of the molecule is CC(=O)NC1CC2CCC(C1)N2CCOc1ccc(Oc2nc3c(Cl)cccc3s2)cc1. The Hall–Kier alpha value is -2.35. The second-order valence-corrected chi connectivity index (χ2v) is 9.88. The molecule has 168 valence electrons. The molecule has 2 bridgehead atoms. The van der Waals surface area contributed by atoms with Crippen molar-refractivity contribution in [1.29, 1.82) is 0 Å². The third-order valence-electron chi connectivity index (χ3n) is 6.29. The lowest BCUT2D eigenvalue weighted by atomic mass is 9.97. The van der Waals surface area contributed by atoms with Crippen molar-refractivity contribution >= 4 is 39.1 Å². The van der Waals surface area contributed by atoms with E-state index in [-0.39, 0.29) is 5.91 Å². The Kier molecular flexibility index (Phi) is 6.22. The number of benzene rings is 2. The maximum atomic E-state index is 11.4. The largest absolute Gasteiger partial charge is 0.492 e. The third-order valence-corrected chi connectivity index (χ3v) is 7.49. The molecular weight excluding hydrogens is 446 g/mol. The van der Waals surface area contributed by atoms with Crippen LogP contribution in [-0.4, -0.2) is 47.1 Å².